The van der Waals surface area contributed by atoms with Crippen LogP contribution >= 0.6 is 11.6 Å². The Hall–Kier alpha value is -1.75. The standard InChI is InChI=1S/C17H21ClN2O3/c18-12-5-6-15-14(11-12)20(9-10-23-15)17(22)8-7-16(21)19-13-3-1-2-4-13/h5-6,11,13H,1-4,7-10H2,(H,19,21). The van der Waals surface area contributed by atoms with Crippen LogP contribution in [0.1, 0.15) is 38.5 Å². The molecule has 1 N–H and O–H groups in total. The van der Waals surface area contributed by atoms with Crippen molar-refractivity contribution in [1.29, 1.82) is 0 Å². The van der Waals surface area contributed by atoms with E-state index in [1.54, 1.807) is 23.1 Å². The van der Waals surface area contributed by atoms with Crippen molar-refractivity contribution in [2.75, 3.05) is 18.1 Å². The molecule has 1 aliphatic carbocycles. The van der Waals surface area contributed by atoms with Crippen LogP contribution in [-0.2, 0) is 9.59 Å². The predicted molar refractivity (Wildman–Crippen MR) is 88.9 cm³/mol. The van der Waals surface area contributed by atoms with Crippen LogP contribution in [0.5, 0.6) is 5.75 Å². The molecule has 1 aliphatic heterocycles. The third-order valence-electron chi connectivity index (χ3n) is 4.37. The van der Waals surface area contributed by atoms with E-state index in [0.717, 1.165) is 12.8 Å². The lowest BCUT2D eigenvalue weighted by Gasteiger charge is -2.29. The maximum absolute atomic E-state index is 12.5. The van der Waals surface area contributed by atoms with Gasteiger partial charge < -0.3 is 15.0 Å². The lowest BCUT2D eigenvalue weighted by molar-refractivity contribution is -0.125. The number of hydrogen-bond acceptors (Lipinski definition) is 3. The van der Waals surface area contributed by atoms with Crippen molar-refractivity contribution in [3.05, 3.63) is 23.2 Å². The number of nitrogens with one attached hydrogen (secondary N) is 1. The molecule has 1 aromatic rings. The van der Waals surface area contributed by atoms with Gasteiger partial charge >= 0.3 is 0 Å². The molecule has 5 nitrogen and oxygen atoms in total. The Balaban J connectivity index is 1.56. The molecule has 23 heavy (non-hydrogen) atoms. The summed E-state index contributed by atoms with van der Waals surface area (Å²) >= 11 is 6.01. The van der Waals surface area contributed by atoms with Crippen molar-refractivity contribution in [3.63, 3.8) is 0 Å². The zero-order valence-electron chi connectivity index (χ0n) is 13.0. The van der Waals surface area contributed by atoms with E-state index >= 15 is 0 Å². The quantitative estimate of drug-likeness (QED) is 0.919. The molecule has 0 saturated heterocycles. The monoisotopic (exact) mass is 336 g/mol. The van der Waals surface area contributed by atoms with Crippen LogP contribution < -0.4 is 15.0 Å². The molecule has 0 atom stereocenters. The summed E-state index contributed by atoms with van der Waals surface area (Å²) in [6, 6.07) is 5.53. The largest absolute Gasteiger partial charge is 0.490 e. The number of nitrogens with zero attached hydrogens (tertiary/aromatic N) is 1. The fraction of sp³-hybridized carbons (Fsp3) is 0.529. The number of carbonyl (C=O) groups is 2. The second-order valence-corrected chi connectivity index (χ2v) is 6.49. The van der Waals surface area contributed by atoms with Crippen molar-refractivity contribution < 1.29 is 14.3 Å². The van der Waals surface area contributed by atoms with E-state index in [2.05, 4.69) is 5.32 Å². The fourth-order valence-electron chi connectivity index (χ4n) is 3.18. The highest BCUT2D eigenvalue weighted by Gasteiger charge is 2.25. The topological polar surface area (TPSA) is 58.6 Å². The summed E-state index contributed by atoms with van der Waals surface area (Å²) in [5, 5.41) is 3.57. The van der Waals surface area contributed by atoms with Gasteiger partial charge in [0.05, 0.1) is 12.2 Å². The maximum atomic E-state index is 12.5. The molecular formula is C17H21ClN2O3. The van der Waals surface area contributed by atoms with Crippen molar-refractivity contribution in [2.45, 2.75) is 44.6 Å². The lowest BCUT2D eigenvalue weighted by atomic mass is 10.2. The number of rotatable bonds is 4. The molecular weight excluding hydrogens is 316 g/mol. The maximum Gasteiger partial charge on any atom is 0.227 e. The number of carbonyl (C=O) groups excluding carboxylic acids is 2. The highest BCUT2D eigenvalue weighted by Crippen LogP contribution is 2.34. The van der Waals surface area contributed by atoms with Gasteiger partial charge in [0.2, 0.25) is 11.8 Å². The SMILES string of the molecule is O=C(CCC(=O)N1CCOc2ccc(Cl)cc21)NC1CCCC1. The summed E-state index contributed by atoms with van der Waals surface area (Å²) in [6.07, 6.45) is 4.88. The third kappa shape index (κ3) is 3.96. The second-order valence-electron chi connectivity index (χ2n) is 6.05. The molecule has 1 heterocycles. The molecule has 0 unspecified atom stereocenters. The normalized spacial score (nSPS) is 17.5. The van der Waals surface area contributed by atoms with Crippen LogP contribution in [0.15, 0.2) is 18.2 Å². The van der Waals surface area contributed by atoms with Crippen LogP contribution in [-0.4, -0.2) is 31.0 Å². The van der Waals surface area contributed by atoms with Gasteiger partial charge in [0.15, 0.2) is 0 Å². The molecule has 2 aliphatic rings. The summed E-state index contributed by atoms with van der Waals surface area (Å²) in [6.45, 7) is 0.936. The fourth-order valence-corrected chi connectivity index (χ4v) is 3.34. The van der Waals surface area contributed by atoms with Crippen LogP contribution in [0.25, 0.3) is 0 Å². The van der Waals surface area contributed by atoms with Gasteiger partial charge in [0, 0.05) is 23.9 Å². The first kappa shape index (κ1) is 16.1. The van der Waals surface area contributed by atoms with Gasteiger partial charge in [-0.15, -0.1) is 0 Å². The molecule has 6 heteroatoms. The summed E-state index contributed by atoms with van der Waals surface area (Å²) in [4.78, 5) is 26.1. The average Bonchev–Trinajstić information content (AvgIpc) is 3.05. The first-order valence-corrected chi connectivity index (χ1v) is 8.53. The molecule has 1 fully saturated rings. The van der Waals surface area contributed by atoms with Gasteiger partial charge in [-0.2, -0.15) is 0 Å². The second kappa shape index (κ2) is 7.21. The van der Waals surface area contributed by atoms with Gasteiger partial charge in [0.25, 0.3) is 0 Å². The molecule has 0 spiro atoms. The van der Waals surface area contributed by atoms with Gasteiger partial charge in [-0.25, -0.2) is 0 Å². The van der Waals surface area contributed by atoms with Gasteiger partial charge in [-0.3, -0.25) is 9.59 Å². The van der Waals surface area contributed by atoms with E-state index in [9.17, 15) is 9.59 Å². The number of anilines is 1. The molecule has 1 saturated carbocycles. The Morgan fingerprint density at radius 2 is 2.04 bits per heavy atom. The van der Waals surface area contributed by atoms with E-state index in [0.29, 0.717) is 35.7 Å². The minimum Gasteiger partial charge on any atom is -0.490 e. The number of amides is 2. The number of benzene rings is 1. The van der Waals surface area contributed by atoms with Crippen molar-refractivity contribution >= 4 is 29.1 Å². The predicted octanol–water partition coefficient (Wildman–Crippen LogP) is 2.90. The number of fused-ring (bicyclic) bond motifs is 1. The summed E-state index contributed by atoms with van der Waals surface area (Å²) in [7, 11) is 0. The average molecular weight is 337 g/mol. The number of ether oxygens (including phenoxy) is 1. The van der Waals surface area contributed by atoms with Gasteiger partial charge in [0.1, 0.15) is 12.4 Å². The van der Waals surface area contributed by atoms with E-state index in [1.165, 1.54) is 12.8 Å². The van der Waals surface area contributed by atoms with Crippen molar-refractivity contribution in [2.24, 2.45) is 0 Å². The van der Waals surface area contributed by atoms with Crippen molar-refractivity contribution in [3.8, 4) is 5.75 Å². The molecule has 124 valence electrons. The Bertz CT molecular complexity index is 600. The zero-order chi connectivity index (χ0) is 16.2. The Morgan fingerprint density at radius 3 is 2.83 bits per heavy atom. The molecule has 1 aromatic carbocycles. The third-order valence-corrected chi connectivity index (χ3v) is 4.61. The van der Waals surface area contributed by atoms with Crippen LogP contribution in [0.3, 0.4) is 0 Å². The van der Waals surface area contributed by atoms with Crippen molar-refractivity contribution in [1.82, 2.24) is 5.32 Å². The lowest BCUT2D eigenvalue weighted by Crippen LogP contribution is -2.39. The number of hydrogen-bond donors (Lipinski definition) is 1. The van der Waals surface area contributed by atoms with Gasteiger partial charge in [-0.05, 0) is 31.0 Å². The Labute approximate surface area is 140 Å². The molecule has 2 amide bonds. The Morgan fingerprint density at radius 1 is 1.26 bits per heavy atom. The van der Waals surface area contributed by atoms with E-state index < -0.39 is 0 Å². The smallest absolute Gasteiger partial charge is 0.227 e. The zero-order valence-corrected chi connectivity index (χ0v) is 13.8. The summed E-state index contributed by atoms with van der Waals surface area (Å²) < 4.78 is 5.54. The first-order valence-electron chi connectivity index (χ1n) is 8.15. The molecule has 0 bridgehead atoms. The molecule has 0 aromatic heterocycles. The van der Waals surface area contributed by atoms with E-state index in [4.69, 9.17) is 16.3 Å². The van der Waals surface area contributed by atoms with Crippen LogP contribution in [0.4, 0.5) is 5.69 Å². The molecule has 0 radical (unpaired) electrons. The Kier molecular flexibility index (Phi) is 5.06. The minimum absolute atomic E-state index is 0.0372. The molecule has 3 rings (SSSR count). The van der Waals surface area contributed by atoms with E-state index in [1.807, 2.05) is 0 Å². The number of halogens is 1. The summed E-state index contributed by atoms with van der Waals surface area (Å²) in [5.74, 6) is 0.549. The first-order chi connectivity index (χ1) is 11.1. The van der Waals surface area contributed by atoms with Gasteiger partial charge in [-0.1, -0.05) is 24.4 Å². The van der Waals surface area contributed by atoms with E-state index in [-0.39, 0.29) is 24.7 Å². The van der Waals surface area contributed by atoms with Crippen LogP contribution in [0.2, 0.25) is 5.02 Å². The highest BCUT2D eigenvalue weighted by atomic mass is 35.5. The van der Waals surface area contributed by atoms with Crippen LogP contribution in [0, 0.1) is 0 Å². The minimum atomic E-state index is -0.0709. The summed E-state index contributed by atoms with van der Waals surface area (Å²) in [5.41, 5.74) is 0.685. The highest BCUT2D eigenvalue weighted by molar-refractivity contribution is 6.31.